The average Bonchev–Trinajstić information content (AvgIpc) is 3.10. The first-order chi connectivity index (χ1) is 15.4. The number of aryl methyl sites for hydroxylation is 1. The van der Waals surface area contributed by atoms with Gasteiger partial charge in [-0.2, -0.15) is 0 Å². The second-order valence-corrected chi connectivity index (χ2v) is 8.06. The highest BCUT2D eigenvalue weighted by atomic mass is 32.1. The molecule has 0 atom stereocenters. The van der Waals surface area contributed by atoms with Gasteiger partial charge < -0.3 is 14.8 Å². The van der Waals surface area contributed by atoms with Crippen LogP contribution in [0.3, 0.4) is 0 Å². The van der Waals surface area contributed by atoms with Crippen molar-refractivity contribution < 1.29 is 23.9 Å². The Labute approximate surface area is 190 Å². The highest BCUT2D eigenvalue weighted by Crippen LogP contribution is 2.34. The van der Waals surface area contributed by atoms with E-state index in [0.29, 0.717) is 22.7 Å². The van der Waals surface area contributed by atoms with Crippen molar-refractivity contribution >= 4 is 51.2 Å². The topological polar surface area (TPSA) is 94.6 Å². The minimum atomic E-state index is -0.669. The van der Waals surface area contributed by atoms with Crippen molar-refractivity contribution in [3.63, 3.8) is 0 Å². The van der Waals surface area contributed by atoms with Gasteiger partial charge in [0.15, 0.2) is 6.61 Å². The van der Waals surface area contributed by atoms with E-state index >= 15 is 0 Å². The quantitative estimate of drug-likeness (QED) is 0.398. The summed E-state index contributed by atoms with van der Waals surface area (Å²) in [7, 11) is 0. The third-order valence-corrected chi connectivity index (χ3v) is 5.71. The summed E-state index contributed by atoms with van der Waals surface area (Å²) >= 11 is 1.30. The number of pyridine rings is 1. The van der Waals surface area contributed by atoms with Gasteiger partial charge in [-0.05, 0) is 44.0 Å². The van der Waals surface area contributed by atoms with Crippen LogP contribution in [0, 0.1) is 6.92 Å². The molecule has 32 heavy (non-hydrogen) atoms. The molecule has 3 aromatic rings. The number of carbonyl (C=O) groups is 3. The van der Waals surface area contributed by atoms with E-state index in [1.54, 1.807) is 13.0 Å². The molecule has 3 rings (SSSR count). The molecule has 0 spiro atoms. The zero-order valence-electron chi connectivity index (χ0n) is 18.1. The summed E-state index contributed by atoms with van der Waals surface area (Å²) in [6.45, 7) is 5.30. The number of esters is 2. The molecule has 166 valence electrons. The fraction of sp³-hybridized carbons (Fsp3) is 0.250. The lowest BCUT2D eigenvalue weighted by molar-refractivity contribution is -0.142. The Kier molecular flexibility index (Phi) is 7.72. The summed E-state index contributed by atoms with van der Waals surface area (Å²) in [5, 5.41) is 4.06. The van der Waals surface area contributed by atoms with Crippen LogP contribution < -0.4 is 5.32 Å². The molecule has 1 amide bonds. The van der Waals surface area contributed by atoms with Crippen LogP contribution in [0.25, 0.3) is 17.0 Å². The lowest BCUT2D eigenvalue weighted by atomic mass is 10.1. The molecule has 0 aliphatic carbocycles. The summed E-state index contributed by atoms with van der Waals surface area (Å²) in [5.74, 6) is -1.69. The summed E-state index contributed by atoms with van der Waals surface area (Å²) in [6, 6.07) is 11.4. The Morgan fingerprint density at radius 3 is 2.62 bits per heavy atom. The van der Waals surface area contributed by atoms with Gasteiger partial charge in [0.1, 0.15) is 5.00 Å². The monoisotopic (exact) mass is 452 g/mol. The molecule has 0 saturated heterocycles. The highest BCUT2D eigenvalue weighted by molar-refractivity contribution is 7.16. The van der Waals surface area contributed by atoms with Crippen LogP contribution >= 0.6 is 11.3 Å². The maximum absolute atomic E-state index is 12.3. The van der Waals surface area contributed by atoms with E-state index < -0.39 is 24.5 Å². The first kappa shape index (κ1) is 23.1. The van der Waals surface area contributed by atoms with Crippen LogP contribution in [-0.2, 0) is 25.5 Å². The van der Waals surface area contributed by atoms with Gasteiger partial charge in [-0.3, -0.25) is 4.79 Å². The molecule has 2 aromatic heterocycles. The third kappa shape index (κ3) is 5.59. The molecule has 7 nitrogen and oxygen atoms in total. The predicted octanol–water partition coefficient (Wildman–Crippen LogP) is 4.54. The van der Waals surface area contributed by atoms with Gasteiger partial charge in [0, 0.05) is 16.3 Å². The van der Waals surface area contributed by atoms with Crippen molar-refractivity contribution in [1.29, 1.82) is 0 Å². The summed E-state index contributed by atoms with van der Waals surface area (Å²) in [6.07, 6.45) is 3.38. The number of nitrogens with zero attached hydrogens (tertiary/aromatic N) is 1. The molecular weight excluding hydrogens is 428 g/mol. The van der Waals surface area contributed by atoms with Gasteiger partial charge in [0.05, 0.1) is 23.4 Å². The molecule has 0 radical (unpaired) electrons. The van der Waals surface area contributed by atoms with Crippen molar-refractivity contribution in [2.45, 2.75) is 27.2 Å². The minimum Gasteiger partial charge on any atom is -0.462 e. The summed E-state index contributed by atoms with van der Waals surface area (Å²) in [4.78, 5) is 42.0. The molecule has 0 fully saturated rings. The maximum atomic E-state index is 12.3. The fourth-order valence-corrected chi connectivity index (χ4v) is 4.34. The van der Waals surface area contributed by atoms with Crippen molar-refractivity contribution in [3.05, 3.63) is 64.2 Å². The molecule has 8 heteroatoms. The molecule has 0 saturated carbocycles. The summed E-state index contributed by atoms with van der Waals surface area (Å²) in [5.41, 5.74) is 2.62. The third-order valence-electron chi connectivity index (χ3n) is 4.65. The number of amides is 1. The molecular formula is C24H24N2O5S. The van der Waals surface area contributed by atoms with Gasteiger partial charge >= 0.3 is 11.9 Å². The molecule has 0 bridgehead atoms. The van der Waals surface area contributed by atoms with Crippen LogP contribution in [0.15, 0.2) is 42.5 Å². The van der Waals surface area contributed by atoms with Crippen LogP contribution in [0.2, 0.25) is 0 Å². The number of fused-ring (bicyclic) bond motifs is 1. The molecule has 0 aliphatic heterocycles. The lowest BCUT2D eigenvalue weighted by Gasteiger charge is -2.08. The Hall–Kier alpha value is -3.52. The fourth-order valence-electron chi connectivity index (χ4n) is 3.19. The van der Waals surface area contributed by atoms with E-state index in [9.17, 15) is 14.4 Å². The van der Waals surface area contributed by atoms with Crippen LogP contribution in [0.4, 0.5) is 5.00 Å². The standard InChI is InChI=1S/C24H24N2O5S/c1-4-18-15(3)32-23(22(18)24(29)30-5-2)26-20(27)14-31-21(28)13-12-17-11-10-16-8-6-7-9-19(16)25-17/h6-13H,4-5,14H2,1-3H3,(H,26,27)/b13-12+. The number of ether oxygens (including phenoxy) is 2. The van der Waals surface area contributed by atoms with Crippen molar-refractivity contribution in [2.75, 3.05) is 18.5 Å². The molecule has 1 aromatic carbocycles. The van der Waals surface area contributed by atoms with Crippen molar-refractivity contribution in [3.8, 4) is 0 Å². The number of carbonyl (C=O) groups excluding carboxylic acids is 3. The molecule has 1 N–H and O–H groups in total. The van der Waals surface area contributed by atoms with Gasteiger partial charge in [-0.25, -0.2) is 14.6 Å². The van der Waals surface area contributed by atoms with E-state index in [1.165, 1.54) is 23.5 Å². The number of anilines is 1. The van der Waals surface area contributed by atoms with Crippen molar-refractivity contribution in [1.82, 2.24) is 4.98 Å². The number of thiophene rings is 1. The SMILES string of the molecule is CCOC(=O)c1c(NC(=O)COC(=O)/C=C/c2ccc3ccccc3n2)sc(C)c1CC. The first-order valence-corrected chi connectivity index (χ1v) is 11.0. The second kappa shape index (κ2) is 10.7. The van der Waals surface area contributed by atoms with E-state index in [2.05, 4.69) is 10.3 Å². The lowest BCUT2D eigenvalue weighted by Crippen LogP contribution is -2.21. The molecule has 2 heterocycles. The first-order valence-electron chi connectivity index (χ1n) is 10.2. The van der Waals surface area contributed by atoms with Gasteiger partial charge in [-0.1, -0.05) is 31.2 Å². The number of rotatable bonds is 8. The number of para-hydroxylation sites is 1. The van der Waals surface area contributed by atoms with Gasteiger partial charge in [-0.15, -0.1) is 11.3 Å². The van der Waals surface area contributed by atoms with Crippen LogP contribution in [0.5, 0.6) is 0 Å². The van der Waals surface area contributed by atoms with E-state index in [1.807, 2.05) is 44.2 Å². The Balaban J connectivity index is 1.60. The Morgan fingerprint density at radius 2 is 1.88 bits per heavy atom. The second-order valence-electron chi connectivity index (χ2n) is 6.83. The van der Waals surface area contributed by atoms with E-state index in [4.69, 9.17) is 9.47 Å². The predicted molar refractivity (Wildman–Crippen MR) is 125 cm³/mol. The van der Waals surface area contributed by atoms with Crippen LogP contribution in [-0.4, -0.2) is 36.0 Å². The zero-order chi connectivity index (χ0) is 23.1. The Bertz CT molecular complexity index is 1180. The largest absolute Gasteiger partial charge is 0.462 e. The smallest absolute Gasteiger partial charge is 0.341 e. The normalized spacial score (nSPS) is 11.0. The average molecular weight is 453 g/mol. The number of hydrogen-bond acceptors (Lipinski definition) is 7. The van der Waals surface area contributed by atoms with E-state index in [0.717, 1.165) is 21.3 Å². The minimum absolute atomic E-state index is 0.236. The van der Waals surface area contributed by atoms with Crippen LogP contribution in [0.1, 0.15) is 40.3 Å². The highest BCUT2D eigenvalue weighted by Gasteiger charge is 2.23. The molecule has 0 aliphatic rings. The number of benzene rings is 1. The number of aromatic nitrogens is 1. The Morgan fingerprint density at radius 1 is 1.09 bits per heavy atom. The van der Waals surface area contributed by atoms with E-state index in [-0.39, 0.29) is 6.61 Å². The molecule has 0 unspecified atom stereocenters. The number of hydrogen-bond donors (Lipinski definition) is 1. The number of nitrogens with one attached hydrogen (secondary N) is 1. The maximum Gasteiger partial charge on any atom is 0.341 e. The van der Waals surface area contributed by atoms with Gasteiger partial charge in [0.2, 0.25) is 0 Å². The van der Waals surface area contributed by atoms with Crippen molar-refractivity contribution in [2.24, 2.45) is 0 Å². The van der Waals surface area contributed by atoms with Gasteiger partial charge in [0.25, 0.3) is 5.91 Å². The zero-order valence-corrected chi connectivity index (χ0v) is 19.0. The summed E-state index contributed by atoms with van der Waals surface area (Å²) < 4.78 is 10.1.